The molecule has 0 radical (unpaired) electrons. The second kappa shape index (κ2) is 6.74. The highest BCUT2D eigenvalue weighted by Gasteiger charge is 2.13. The van der Waals surface area contributed by atoms with Crippen LogP contribution in [0.2, 0.25) is 0 Å². The quantitative estimate of drug-likeness (QED) is 0.614. The van der Waals surface area contributed by atoms with E-state index in [4.69, 9.17) is 4.42 Å². The molecule has 112 valence electrons. The number of aromatic nitrogens is 2. The summed E-state index contributed by atoms with van der Waals surface area (Å²) in [7, 11) is 0. The van der Waals surface area contributed by atoms with Gasteiger partial charge in [0.25, 0.3) is 5.56 Å². The van der Waals surface area contributed by atoms with Crippen molar-refractivity contribution in [3.05, 3.63) is 50.6 Å². The van der Waals surface area contributed by atoms with Crippen LogP contribution >= 0.6 is 0 Å². The lowest BCUT2D eigenvalue weighted by molar-refractivity contribution is 0.392. The van der Waals surface area contributed by atoms with Gasteiger partial charge in [-0.2, -0.15) is 0 Å². The van der Waals surface area contributed by atoms with Crippen LogP contribution in [0.5, 0.6) is 5.88 Å². The number of nitrogens with one attached hydrogen (secondary N) is 1. The van der Waals surface area contributed by atoms with E-state index in [1.807, 2.05) is 6.92 Å². The van der Waals surface area contributed by atoms with E-state index in [0.717, 1.165) is 17.4 Å². The van der Waals surface area contributed by atoms with Crippen molar-refractivity contribution in [3.8, 4) is 5.88 Å². The van der Waals surface area contributed by atoms with Gasteiger partial charge >= 0.3 is 5.69 Å². The lowest BCUT2D eigenvalue weighted by Gasteiger charge is -2.07. The molecule has 2 N–H and O–H groups in total. The van der Waals surface area contributed by atoms with Crippen molar-refractivity contribution in [2.24, 2.45) is 4.99 Å². The van der Waals surface area contributed by atoms with Crippen LogP contribution in [0, 0.1) is 0 Å². The van der Waals surface area contributed by atoms with E-state index < -0.39 is 17.1 Å². The summed E-state index contributed by atoms with van der Waals surface area (Å²) in [4.78, 5) is 29.8. The van der Waals surface area contributed by atoms with Crippen LogP contribution in [0.3, 0.4) is 0 Å². The summed E-state index contributed by atoms with van der Waals surface area (Å²) in [5.74, 6) is 0.0775. The molecule has 7 nitrogen and oxygen atoms in total. The van der Waals surface area contributed by atoms with Crippen molar-refractivity contribution >= 4 is 6.21 Å². The predicted octanol–water partition coefficient (Wildman–Crippen LogP) is 1.10. The highest BCUT2D eigenvalue weighted by molar-refractivity contribution is 5.81. The normalized spacial score (nSPS) is 11.3. The number of hydrogen-bond acceptors (Lipinski definition) is 5. The first-order valence-corrected chi connectivity index (χ1v) is 6.71. The van der Waals surface area contributed by atoms with Crippen molar-refractivity contribution in [1.29, 1.82) is 0 Å². The SMILES string of the molecule is CCCCN=Cc1c(O)n(Cc2ccco2)c(=O)[nH]c1=O. The van der Waals surface area contributed by atoms with Crippen LogP contribution < -0.4 is 11.2 Å². The molecule has 0 aliphatic carbocycles. The molecule has 0 aromatic carbocycles. The van der Waals surface area contributed by atoms with Gasteiger partial charge in [-0.1, -0.05) is 13.3 Å². The molecule has 0 unspecified atom stereocenters. The highest BCUT2D eigenvalue weighted by atomic mass is 16.3. The van der Waals surface area contributed by atoms with E-state index in [-0.39, 0.29) is 12.1 Å². The molecule has 2 heterocycles. The monoisotopic (exact) mass is 291 g/mol. The Morgan fingerprint density at radius 3 is 2.95 bits per heavy atom. The summed E-state index contributed by atoms with van der Waals surface area (Å²) in [5.41, 5.74) is -1.38. The number of H-pyrrole nitrogens is 1. The molecule has 0 amide bonds. The molecule has 2 aromatic heterocycles. The minimum atomic E-state index is -0.695. The average molecular weight is 291 g/mol. The van der Waals surface area contributed by atoms with E-state index in [2.05, 4.69) is 9.98 Å². The van der Waals surface area contributed by atoms with Crippen molar-refractivity contribution < 1.29 is 9.52 Å². The first-order valence-electron chi connectivity index (χ1n) is 6.71. The third kappa shape index (κ3) is 3.50. The Labute approximate surface area is 120 Å². The van der Waals surface area contributed by atoms with Crippen LogP contribution in [-0.4, -0.2) is 27.4 Å². The summed E-state index contributed by atoms with van der Waals surface area (Å²) in [6, 6.07) is 3.35. The number of nitrogens with zero attached hydrogens (tertiary/aromatic N) is 2. The van der Waals surface area contributed by atoms with Crippen LogP contribution in [0.25, 0.3) is 0 Å². The van der Waals surface area contributed by atoms with Gasteiger partial charge in [0.1, 0.15) is 11.3 Å². The molecule has 2 rings (SSSR count). The lowest BCUT2D eigenvalue weighted by atomic mass is 10.3. The van der Waals surface area contributed by atoms with Gasteiger partial charge in [-0.25, -0.2) is 4.79 Å². The summed E-state index contributed by atoms with van der Waals surface area (Å²) < 4.78 is 6.16. The molecule has 0 saturated heterocycles. The first-order chi connectivity index (χ1) is 10.1. The minimum Gasteiger partial charge on any atom is -0.494 e. The Hall–Kier alpha value is -2.57. The fourth-order valence-corrected chi connectivity index (χ4v) is 1.80. The Morgan fingerprint density at radius 2 is 2.29 bits per heavy atom. The zero-order chi connectivity index (χ0) is 15.2. The molecule has 0 atom stereocenters. The van der Waals surface area contributed by atoms with Crippen molar-refractivity contribution in [2.45, 2.75) is 26.3 Å². The maximum absolute atomic E-state index is 11.8. The van der Waals surface area contributed by atoms with E-state index in [9.17, 15) is 14.7 Å². The average Bonchev–Trinajstić information content (AvgIpc) is 2.95. The highest BCUT2D eigenvalue weighted by Crippen LogP contribution is 2.11. The summed E-state index contributed by atoms with van der Waals surface area (Å²) in [6.07, 6.45) is 4.64. The first kappa shape index (κ1) is 14.8. The standard InChI is InChI=1S/C14H17N3O4/c1-2-3-6-15-8-11-12(18)16-14(20)17(13(11)19)9-10-5-4-7-21-10/h4-5,7-8,19H,2-3,6,9H2,1H3,(H,16,18,20). The molecule has 0 aliphatic rings. The maximum Gasteiger partial charge on any atom is 0.331 e. The van der Waals surface area contributed by atoms with Gasteiger partial charge in [-0.3, -0.25) is 19.3 Å². The molecule has 0 aliphatic heterocycles. The largest absolute Gasteiger partial charge is 0.494 e. The second-order valence-corrected chi connectivity index (χ2v) is 4.55. The molecule has 0 fully saturated rings. The molecule has 0 bridgehead atoms. The van der Waals surface area contributed by atoms with E-state index >= 15 is 0 Å². The number of unbranched alkanes of at least 4 members (excludes halogenated alkanes) is 1. The van der Waals surface area contributed by atoms with Crippen LogP contribution in [0.15, 0.2) is 37.4 Å². The number of aromatic amines is 1. The van der Waals surface area contributed by atoms with E-state index in [1.54, 1.807) is 12.1 Å². The van der Waals surface area contributed by atoms with Gasteiger partial charge < -0.3 is 9.52 Å². The minimum absolute atomic E-state index is 0.0303. The smallest absolute Gasteiger partial charge is 0.331 e. The topological polar surface area (TPSA) is 101 Å². The summed E-state index contributed by atoms with van der Waals surface area (Å²) in [6.45, 7) is 2.63. The third-order valence-corrected chi connectivity index (χ3v) is 2.96. The Morgan fingerprint density at radius 1 is 1.48 bits per heavy atom. The van der Waals surface area contributed by atoms with Crippen LogP contribution in [-0.2, 0) is 6.54 Å². The molecule has 21 heavy (non-hydrogen) atoms. The molecule has 0 saturated carbocycles. The maximum atomic E-state index is 11.8. The molecule has 0 spiro atoms. The predicted molar refractivity (Wildman–Crippen MR) is 78.2 cm³/mol. The Balaban J connectivity index is 2.35. The fourth-order valence-electron chi connectivity index (χ4n) is 1.80. The van der Waals surface area contributed by atoms with Gasteiger partial charge in [-0.15, -0.1) is 0 Å². The number of rotatable bonds is 6. The number of furan rings is 1. The fraction of sp³-hybridized carbons (Fsp3) is 0.357. The molecule has 7 heteroatoms. The van der Waals surface area contributed by atoms with Crippen LogP contribution in [0.1, 0.15) is 31.1 Å². The number of hydrogen-bond donors (Lipinski definition) is 2. The Kier molecular flexibility index (Phi) is 4.76. The van der Waals surface area contributed by atoms with Gasteiger partial charge in [0, 0.05) is 12.8 Å². The zero-order valence-corrected chi connectivity index (χ0v) is 11.7. The zero-order valence-electron chi connectivity index (χ0n) is 11.7. The molecule has 2 aromatic rings. The van der Waals surface area contributed by atoms with E-state index in [0.29, 0.717) is 12.3 Å². The van der Waals surface area contributed by atoms with E-state index in [1.165, 1.54) is 12.5 Å². The molecular weight excluding hydrogens is 274 g/mol. The van der Waals surface area contributed by atoms with Crippen molar-refractivity contribution in [1.82, 2.24) is 9.55 Å². The number of aromatic hydroxyl groups is 1. The van der Waals surface area contributed by atoms with Gasteiger partial charge in [0.2, 0.25) is 5.88 Å². The second-order valence-electron chi connectivity index (χ2n) is 4.55. The number of aliphatic imine (C=N–C) groups is 1. The lowest BCUT2D eigenvalue weighted by Crippen LogP contribution is -2.32. The van der Waals surface area contributed by atoms with Gasteiger partial charge in [0.15, 0.2) is 0 Å². The third-order valence-electron chi connectivity index (χ3n) is 2.96. The van der Waals surface area contributed by atoms with Crippen LogP contribution in [0.4, 0.5) is 0 Å². The van der Waals surface area contributed by atoms with Gasteiger partial charge in [-0.05, 0) is 18.6 Å². The Bertz CT molecular complexity index is 726. The van der Waals surface area contributed by atoms with Gasteiger partial charge in [0.05, 0.1) is 12.8 Å². The van der Waals surface area contributed by atoms with Crippen molar-refractivity contribution in [3.63, 3.8) is 0 Å². The van der Waals surface area contributed by atoms with Crippen molar-refractivity contribution in [2.75, 3.05) is 6.54 Å². The summed E-state index contributed by atoms with van der Waals surface area (Å²) in [5, 5.41) is 10.1. The summed E-state index contributed by atoms with van der Waals surface area (Å²) >= 11 is 0. The molecular formula is C14H17N3O4.